The molecule has 0 aromatic heterocycles. The third-order valence-corrected chi connectivity index (χ3v) is 4.80. The Labute approximate surface area is 147 Å². The molecule has 0 saturated carbocycles. The van der Waals surface area contributed by atoms with Crippen molar-refractivity contribution in [2.24, 2.45) is 0 Å². The molecule has 0 bridgehead atoms. The van der Waals surface area contributed by atoms with E-state index in [4.69, 9.17) is 9.47 Å². The standard InChI is InChI=1S/C18H21NO5S/c1-3-23-18(20)13-24-16-8-10-17(11-9-16)25(21,22)19-12-15-6-4-14(2)5-7-15/h4-11,19H,3,12-13H2,1-2H3. The van der Waals surface area contributed by atoms with Gasteiger partial charge in [0.25, 0.3) is 0 Å². The second kappa shape index (κ2) is 8.64. The second-order valence-electron chi connectivity index (χ2n) is 5.38. The summed E-state index contributed by atoms with van der Waals surface area (Å²) in [5.41, 5.74) is 1.99. The number of hydrogen-bond acceptors (Lipinski definition) is 5. The van der Waals surface area contributed by atoms with Crippen LogP contribution in [0.5, 0.6) is 5.75 Å². The highest BCUT2D eigenvalue weighted by atomic mass is 32.2. The maximum absolute atomic E-state index is 12.3. The number of hydrogen-bond donors (Lipinski definition) is 1. The van der Waals surface area contributed by atoms with E-state index in [1.807, 2.05) is 31.2 Å². The van der Waals surface area contributed by atoms with Crippen molar-refractivity contribution in [1.82, 2.24) is 4.72 Å². The Kier molecular flexibility index (Phi) is 6.55. The quantitative estimate of drug-likeness (QED) is 0.729. The van der Waals surface area contributed by atoms with Gasteiger partial charge in [0, 0.05) is 6.54 Å². The van der Waals surface area contributed by atoms with Crippen LogP contribution in [0.25, 0.3) is 0 Å². The third-order valence-electron chi connectivity index (χ3n) is 3.38. The van der Waals surface area contributed by atoms with Crippen LogP contribution >= 0.6 is 0 Å². The van der Waals surface area contributed by atoms with E-state index in [-0.39, 0.29) is 24.7 Å². The summed E-state index contributed by atoms with van der Waals surface area (Å²) in [5, 5.41) is 0. The van der Waals surface area contributed by atoms with Gasteiger partial charge in [-0.25, -0.2) is 17.9 Å². The molecule has 6 nitrogen and oxygen atoms in total. The van der Waals surface area contributed by atoms with Gasteiger partial charge < -0.3 is 9.47 Å². The first-order valence-corrected chi connectivity index (χ1v) is 9.32. The Morgan fingerprint density at radius 3 is 2.28 bits per heavy atom. The predicted molar refractivity (Wildman–Crippen MR) is 93.8 cm³/mol. The fourth-order valence-corrected chi connectivity index (χ4v) is 3.05. The minimum Gasteiger partial charge on any atom is -0.482 e. The second-order valence-corrected chi connectivity index (χ2v) is 7.14. The van der Waals surface area contributed by atoms with Gasteiger partial charge in [-0.05, 0) is 43.7 Å². The molecular formula is C18H21NO5S. The molecule has 0 amide bonds. The molecule has 0 fully saturated rings. The van der Waals surface area contributed by atoms with E-state index in [1.54, 1.807) is 6.92 Å². The summed E-state index contributed by atoms with van der Waals surface area (Å²) in [7, 11) is -3.62. The molecule has 134 valence electrons. The average molecular weight is 363 g/mol. The topological polar surface area (TPSA) is 81.7 Å². The molecule has 0 unspecified atom stereocenters. The van der Waals surface area contributed by atoms with E-state index in [9.17, 15) is 13.2 Å². The van der Waals surface area contributed by atoms with Crippen molar-refractivity contribution in [2.45, 2.75) is 25.3 Å². The van der Waals surface area contributed by atoms with Gasteiger partial charge in [0.15, 0.2) is 6.61 Å². The van der Waals surface area contributed by atoms with Crippen LogP contribution in [-0.4, -0.2) is 27.6 Å². The van der Waals surface area contributed by atoms with Gasteiger partial charge in [-0.1, -0.05) is 29.8 Å². The molecule has 0 saturated heterocycles. The number of rotatable bonds is 8. The molecule has 2 rings (SSSR count). The molecule has 0 aliphatic heterocycles. The van der Waals surface area contributed by atoms with Crippen LogP contribution in [0, 0.1) is 6.92 Å². The lowest BCUT2D eigenvalue weighted by Crippen LogP contribution is -2.23. The lowest BCUT2D eigenvalue weighted by molar-refractivity contribution is -0.145. The molecule has 2 aromatic rings. The zero-order chi connectivity index (χ0) is 18.3. The van der Waals surface area contributed by atoms with Gasteiger partial charge in [-0.2, -0.15) is 0 Å². The van der Waals surface area contributed by atoms with Crippen molar-refractivity contribution in [2.75, 3.05) is 13.2 Å². The highest BCUT2D eigenvalue weighted by Crippen LogP contribution is 2.16. The molecule has 25 heavy (non-hydrogen) atoms. The van der Waals surface area contributed by atoms with Crippen molar-refractivity contribution in [3.63, 3.8) is 0 Å². The third kappa shape index (κ3) is 5.88. The maximum atomic E-state index is 12.3. The number of nitrogens with one attached hydrogen (secondary N) is 1. The number of sulfonamides is 1. The van der Waals surface area contributed by atoms with Crippen molar-refractivity contribution in [3.05, 3.63) is 59.7 Å². The summed E-state index contributed by atoms with van der Waals surface area (Å²) in [6.07, 6.45) is 0. The number of carbonyl (C=O) groups is 1. The summed E-state index contributed by atoms with van der Waals surface area (Å²) >= 11 is 0. The first kappa shape index (κ1) is 19.0. The summed E-state index contributed by atoms with van der Waals surface area (Å²) in [5.74, 6) is -0.0792. The van der Waals surface area contributed by atoms with Crippen LogP contribution in [0.2, 0.25) is 0 Å². The number of ether oxygens (including phenoxy) is 2. The zero-order valence-corrected chi connectivity index (χ0v) is 15.0. The molecular weight excluding hydrogens is 342 g/mol. The normalized spacial score (nSPS) is 11.1. The number of benzene rings is 2. The molecule has 0 radical (unpaired) electrons. The number of esters is 1. The van der Waals surface area contributed by atoms with E-state index in [1.165, 1.54) is 24.3 Å². The van der Waals surface area contributed by atoms with Crippen LogP contribution in [0.3, 0.4) is 0 Å². The van der Waals surface area contributed by atoms with Gasteiger partial charge in [0.1, 0.15) is 5.75 Å². The van der Waals surface area contributed by atoms with E-state index < -0.39 is 16.0 Å². The molecule has 0 aliphatic rings. The lowest BCUT2D eigenvalue weighted by atomic mass is 10.2. The van der Waals surface area contributed by atoms with Crippen molar-refractivity contribution in [3.8, 4) is 5.75 Å². The fraction of sp³-hybridized carbons (Fsp3) is 0.278. The molecule has 1 N–H and O–H groups in total. The molecule has 0 atom stereocenters. The monoisotopic (exact) mass is 363 g/mol. The Morgan fingerprint density at radius 2 is 1.68 bits per heavy atom. The van der Waals surface area contributed by atoms with E-state index in [2.05, 4.69) is 4.72 Å². The van der Waals surface area contributed by atoms with Gasteiger partial charge >= 0.3 is 5.97 Å². The number of carbonyl (C=O) groups excluding carboxylic acids is 1. The highest BCUT2D eigenvalue weighted by Gasteiger charge is 2.14. The molecule has 2 aromatic carbocycles. The van der Waals surface area contributed by atoms with Crippen molar-refractivity contribution in [1.29, 1.82) is 0 Å². The molecule has 7 heteroatoms. The summed E-state index contributed by atoms with van der Waals surface area (Å²) in [6.45, 7) is 3.96. The smallest absolute Gasteiger partial charge is 0.344 e. The Bertz CT molecular complexity index is 798. The van der Waals surface area contributed by atoms with Crippen LogP contribution < -0.4 is 9.46 Å². The fourth-order valence-electron chi connectivity index (χ4n) is 2.03. The minimum absolute atomic E-state index is 0.128. The Balaban J connectivity index is 1.95. The van der Waals surface area contributed by atoms with Gasteiger partial charge in [-0.15, -0.1) is 0 Å². The first-order valence-electron chi connectivity index (χ1n) is 7.84. The largest absolute Gasteiger partial charge is 0.482 e. The average Bonchev–Trinajstić information content (AvgIpc) is 2.60. The summed E-state index contributed by atoms with van der Waals surface area (Å²) in [4.78, 5) is 11.4. The number of aryl methyl sites for hydroxylation is 1. The zero-order valence-electron chi connectivity index (χ0n) is 14.2. The molecule has 0 aliphatic carbocycles. The van der Waals surface area contributed by atoms with Gasteiger partial charge in [0.2, 0.25) is 10.0 Å². The predicted octanol–water partition coefficient (Wildman–Crippen LogP) is 2.42. The van der Waals surface area contributed by atoms with Crippen LogP contribution in [0.15, 0.2) is 53.4 Å². The SMILES string of the molecule is CCOC(=O)COc1ccc(S(=O)(=O)NCc2ccc(C)cc2)cc1. The van der Waals surface area contributed by atoms with Crippen LogP contribution in [0.1, 0.15) is 18.1 Å². The lowest BCUT2D eigenvalue weighted by Gasteiger charge is -2.09. The van der Waals surface area contributed by atoms with Crippen molar-refractivity contribution < 1.29 is 22.7 Å². The van der Waals surface area contributed by atoms with Crippen LogP contribution in [0.4, 0.5) is 0 Å². The summed E-state index contributed by atoms with van der Waals surface area (Å²) < 4.78 is 37.2. The molecule has 0 heterocycles. The maximum Gasteiger partial charge on any atom is 0.344 e. The van der Waals surface area contributed by atoms with E-state index in [0.29, 0.717) is 5.75 Å². The van der Waals surface area contributed by atoms with Crippen molar-refractivity contribution >= 4 is 16.0 Å². The van der Waals surface area contributed by atoms with Gasteiger partial charge in [0.05, 0.1) is 11.5 Å². The van der Waals surface area contributed by atoms with E-state index >= 15 is 0 Å². The molecule has 0 spiro atoms. The minimum atomic E-state index is -3.62. The van der Waals surface area contributed by atoms with Crippen LogP contribution in [-0.2, 0) is 26.1 Å². The van der Waals surface area contributed by atoms with E-state index in [0.717, 1.165) is 11.1 Å². The first-order chi connectivity index (χ1) is 11.9. The Hall–Kier alpha value is -2.38. The summed E-state index contributed by atoms with van der Waals surface area (Å²) in [6, 6.07) is 13.5. The Morgan fingerprint density at radius 1 is 1.04 bits per heavy atom. The highest BCUT2D eigenvalue weighted by molar-refractivity contribution is 7.89. The van der Waals surface area contributed by atoms with Gasteiger partial charge in [-0.3, -0.25) is 0 Å².